The summed E-state index contributed by atoms with van der Waals surface area (Å²) in [5.74, 6) is -0.201. The lowest BCUT2D eigenvalue weighted by Gasteiger charge is -2.22. The molecule has 0 fully saturated rings. The monoisotopic (exact) mass is 317 g/mol. The van der Waals surface area contributed by atoms with Crippen molar-refractivity contribution in [3.63, 3.8) is 0 Å². The highest BCUT2D eigenvalue weighted by Gasteiger charge is 2.12. The zero-order valence-electron chi connectivity index (χ0n) is 13.0. The summed E-state index contributed by atoms with van der Waals surface area (Å²) in [4.78, 5) is 16.3. The number of benzene rings is 1. The Labute approximate surface area is 135 Å². The zero-order valence-corrected chi connectivity index (χ0v) is 13.7. The number of anilines is 1. The number of nitrogens with one attached hydrogen (secondary N) is 2. The van der Waals surface area contributed by atoms with E-state index in [0.717, 1.165) is 11.3 Å². The van der Waals surface area contributed by atoms with Crippen LogP contribution in [0.25, 0.3) is 0 Å². The number of aromatic nitrogens is 1. The van der Waals surface area contributed by atoms with Crippen LogP contribution in [0.15, 0.2) is 42.6 Å². The summed E-state index contributed by atoms with van der Waals surface area (Å²) >= 11 is 5.84. The van der Waals surface area contributed by atoms with Crippen LogP contribution >= 0.6 is 11.6 Å². The normalized spacial score (nSPS) is 11.1. The Balaban J connectivity index is 2.00. The summed E-state index contributed by atoms with van der Waals surface area (Å²) in [7, 11) is 0. The van der Waals surface area contributed by atoms with E-state index in [4.69, 9.17) is 11.6 Å². The summed E-state index contributed by atoms with van der Waals surface area (Å²) in [6, 6.07) is 11.0. The maximum Gasteiger partial charge on any atom is 0.270 e. The van der Waals surface area contributed by atoms with Crippen LogP contribution < -0.4 is 10.6 Å². The Morgan fingerprint density at radius 3 is 2.50 bits per heavy atom. The molecule has 0 radical (unpaired) electrons. The predicted octanol–water partition coefficient (Wildman–Crippen LogP) is 3.88. The number of hydrogen-bond acceptors (Lipinski definition) is 3. The fourth-order valence-electron chi connectivity index (χ4n) is 1.94. The van der Waals surface area contributed by atoms with Gasteiger partial charge in [-0.2, -0.15) is 0 Å². The van der Waals surface area contributed by atoms with E-state index in [-0.39, 0.29) is 11.4 Å². The SMILES string of the molecule is CC(C)(C)Nc1ccnc(C(=O)NCc2ccc(Cl)cc2)c1. The van der Waals surface area contributed by atoms with Crippen molar-refractivity contribution in [3.05, 3.63) is 58.9 Å². The summed E-state index contributed by atoms with van der Waals surface area (Å²) in [5.41, 5.74) is 2.18. The number of carbonyl (C=O) groups excluding carboxylic acids is 1. The third kappa shape index (κ3) is 5.04. The summed E-state index contributed by atoms with van der Waals surface area (Å²) < 4.78 is 0. The third-order valence-corrected chi connectivity index (χ3v) is 3.13. The Morgan fingerprint density at radius 2 is 1.86 bits per heavy atom. The quantitative estimate of drug-likeness (QED) is 0.900. The molecule has 0 atom stereocenters. The molecule has 5 heteroatoms. The number of halogens is 1. The van der Waals surface area contributed by atoms with Crippen molar-refractivity contribution < 1.29 is 4.79 Å². The number of rotatable bonds is 4. The Kier molecular flexibility index (Phi) is 5.03. The van der Waals surface area contributed by atoms with Gasteiger partial charge in [-0.1, -0.05) is 23.7 Å². The molecule has 2 N–H and O–H groups in total. The average molecular weight is 318 g/mol. The minimum atomic E-state index is -0.201. The summed E-state index contributed by atoms with van der Waals surface area (Å²) in [6.07, 6.45) is 1.63. The Morgan fingerprint density at radius 1 is 1.18 bits per heavy atom. The van der Waals surface area contributed by atoms with Crippen LogP contribution in [0.3, 0.4) is 0 Å². The highest BCUT2D eigenvalue weighted by Crippen LogP contribution is 2.15. The zero-order chi connectivity index (χ0) is 16.2. The lowest BCUT2D eigenvalue weighted by atomic mass is 10.1. The van der Waals surface area contributed by atoms with Crippen molar-refractivity contribution in [3.8, 4) is 0 Å². The van der Waals surface area contributed by atoms with Gasteiger partial charge < -0.3 is 10.6 Å². The number of amides is 1. The summed E-state index contributed by atoms with van der Waals surface area (Å²) in [6.45, 7) is 6.63. The molecule has 0 aliphatic heterocycles. The van der Waals surface area contributed by atoms with Crippen LogP contribution in [0.4, 0.5) is 5.69 Å². The Bertz CT molecular complexity index is 648. The molecule has 116 valence electrons. The number of nitrogens with zero attached hydrogens (tertiary/aromatic N) is 1. The molecule has 0 saturated carbocycles. The van der Waals surface area contributed by atoms with E-state index >= 15 is 0 Å². The molecule has 2 rings (SSSR count). The topological polar surface area (TPSA) is 54.0 Å². The van der Waals surface area contributed by atoms with E-state index in [1.807, 2.05) is 18.2 Å². The van der Waals surface area contributed by atoms with Crippen molar-refractivity contribution in [1.82, 2.24) is 10.3 Å². The molecule has 0 spiro atoms. The van der Waals surface area contributed by atoms with E-state index in [0.29, 0.717) is 17.3 Å². The number of carbonyl (C=O) groups is 1. The van der Waals surface area contributed by atoms with E-state index < -0.39 is 0 Å². The molecule has 0 bridgehead atoms. The largest absolute Gasteiger partial charge is 0.380 e. The molecular weight excluding hydrogens is 298 g/mol. The van der Waals surface area contributed by atoms with Gasteiger partial charge in [-0.05, 0) is 50.6 Å². The third-order valence-electron chi connectivity index (χ3n) is 2.88. The average Bonchev–Trinajstić information content (AvgIpc) is 2.45. The minimum absolute atomic E-state index is 0.0710. The molecular formula is C17H20ClN3O. The van der Waals surface area contributed by atoms with E-state index in [1.54, 1.807) is 24.4 Å². The standard InChI is InChI=1S/C17H20ClN3O/c1-17(2,3)21-14-8-9-19-15(10-14)16(22)20-11-12-4-6-13(18)7-5-12/h4-10H,11H2,1-3H3,(H,19,21)(H,20,22). The van der Waals surface area contributed by atoms with Crippen molar-refractivity contribution >= 4 is 23.2 Å². The molecule has 0 unspecified atom stereocenters. The second kappa shape index (κ2) is 6.79. The van der Waals surface area contributed by atoms with E-state index in [9.17, 15) is 4.79 Å². The molecule has 1 aromatic heterocycles. The Hall–Kier alpha value is -2.07. The molecule has 4 nitrogen and oxygen atoms in total. The van der Waals surface area contributed by atoms with E-state index in [2.05, 4.69) is 36.4 Å². The fraction of sp³-hybridized carbons (Fsp3) is 0.294. The van der Waals surface area contributed by atoms with Crippen LogP contribution in [0.5, 0.6) is 0 Å². The predicted molar refractivity (Wildman–Crippen MR) is 90.2 cm³/mol. The fourth-order valence-corrected chi connectivity index (χ4v) is 2.07. The van der Waals surface area contributed by atoms with Gasteiger partial charge in [0.25, 0.3) is 5.91 Å². The number of pyridine rings is 1. The highest BCUT2D eigenvalue weighted by atomic mass is 35.5. The molecule has 0 aliphatic carbocycles. The van der Waals surface area contributed by atoms with Gasteiger partial charge in [0.15, 0.2) is 0 Å². The second-order valence-corrected chi connectivity index (χ2v) is 6.55. The molecule has 22 heavy (non-hydrogen) atoms. The molecule has 1 heterocycles. The van der Waals surface area contributed by atoms with Crippen molar-refractivity contribution in [1.29, 1.82) is 0 Å². The molecule has 0 aliphatic rings. The molecule has 1 amide bonds. The minimum Gasteiger partial charge on any atom is -0.380 e. The lowest BCUT2D eigenvalue weighted by Crippen LogP contribution is -2.27. The first-order valence-electron chi connectivity index (χ1n) is 7.10. The van der Waals surface area contributed by atoms with Crippen LogP contribution in [-0.4, -0.2) is 16.4 Å². The van der Waals surface area contributed by atoms with Gasteiger partial charge in [0, 0.05) is 29.0 Å². The molecule has 1 aromatic carbocycles. The van der Waals surface area contributed by atoms with Crippen LogP contribution in [0.1, 0.15) is 36.8 Å². The number of hydrogen-bond donors (Lipinski definition) is 2. The van der Waals surface area contributed by atoms with Crippen molar-refractivity contribution in [2.24, 2.45) is 0 Å². The first-order chi connectivity index (χ1) is 10.3. The van der Waals surface area contributed by atoms with Crippen LogP contribution in [-0.2, 0) is 6.54 Å². The maximum absolute atomic E-state index is 12.2. The highest BCUT2D eigenvalue weighted by molar-refractivity contribution is 6.30. The van der Waals surface area contributed by atoms with Gasteiger partial charge in [-0.3, -0.25) is 9.78 Å². The first-order valence-corrected chi connectivity index (χ1v) is 7.48. The van der Waals surface area contributed by atoms with Gasteiger partial charge in [-0.15, -0.1) is 0 Å². The molecule has 2 aromatic rings. The second-order valence-electron chi connectivity index (χ2n) is 6.11. The van der Waals surface area contributed by atoms with Crippen LogP contribution in [0.2, 0.25) is 5.02 Å². The van der Waals surface area contributed by atoms with Gasteiger partial charge in [0.05, 0.1) is 0 Å². The molecule has 0 saturated heterocycles. The van der Waals surface area contributed by atoms with Gasteiger partial charge in [0.2, 0.25) is 0 Å². The van der Waals surface area contributed by atoms with Crippen molar-refractivity contribution in [2.45, 2.75) is 32.9 Å². The maximum atomic E-state index is 12.2. The van der Waals surface area contributed by atoms with Crippen LogP contribution in [0, 0.1) is 0 Å². The van der Waals surface area contributed by atoms with Gasteiger partial charge in [-0.25, -0.2) is 0 Å². The first kappa shape index (κ1) is 16.3. The summed E-state index contributed by atoms with van der Waals surface area (Å²) in [5, 5.41) is 6.85. The van der Waals surface area contributed by atoms with Gasteiger partial charge in [0.1, 0.15) is 5.69 Å². The lowest BCUT2D eigenvalue weighted by molar-refractivity contribution is 0.0946. The van der Waals surface area contributed by atoms with Crippen molar-refractivity contribution in [2.75, 3.05) is 5.32 Å². The smallest absolute Gasteiger partial charge is 0.270 e. The van der Waals surface area contributed by atoms with E-state index in [1.165, 1.54) is 0 Å². The van der Waals surface area contributed by atoms with Gasteiger partial charge >= 0.3 is 0 Å².